The number of carbonyl (C=O) groups excluding carboxylic acids is 1. The third-order valence-corrected chi connectivity index (χ3v) is 4.46. The van der Waals surface area contributed by atoms with E-state index in [1.54, 1.807) is 6.07 Å². The zero-order valence-corrected chi connectivity index (χ0v) is 13.6. The second-order valence-corrected chi connectivity index (χ2v) is 5.87. The summed E-state index contributed by atoms with van der Waals surface area (Å²) < 4.78 is 38.4. The summed E-state index contributed by atoms with van der Waals surface area (Å²) in [6, 6.07) is 5.38. The number of carbonyl (C=O) groups is 1. The van der Waals surface area contributed by atoms with E-state index < -0.39 is 11.7 Å². The van der Waals surface area contributed by atoms with Crippen LogP contribution in [0.15, 0.2) is 24.3 Å². The van der Waals surface area contributed by atoms with E-state index in [9.17, 15) is 18.0 Å². The van der Waals surface area contributed by atoms with Gasteiger partial charge in [0.05, 0.1) is 5.56 Å². The topological polar surface area (TPSA) is 23.6 Å². The van der Waals surface area contributed by atoms with Crippen molar-refractivity contribution in [2.75, 3.05) is 31.1 Å². The van der Waals surface area contributed by atoms with Gasteiger partial charge in [-0.05, 0) is 31.0 Å². The molecule has 0 atom stereocenters. The van der Waals surface area contributed by atoms with Crippen LogP contribution in [0.25, 0.3) is 0 Å². The van der Waals surface area contributed by atoms with Crippen LogP contribution in [0.4, 0.5) is 18.9 Å². The summed E-state index contributed by atoms with van der Waals surface area (Å²) in [5, 5.41) is 0. The van der Waals surface area contributed by atoms with Crippen molar-refractivity contribution >= 4 is 11.6 Å². The summed E-state index contributed by atoms with van der Waals surface area (Å²) in [7, 11) is 0. The Bertz CT molecular complexity index is 533. The van der Waals surface area contributed by atoms with E-state index in [2.05, 4.69) is 0 Å². The number of amides is 1. The van der Waals surface area contributed by atoms with Crippen LogP contribution in [-0.4, -0.2) is 37.0 Å². The van der Waals surface area contributed by atoms with Gasteiger partial charge in [0.25, 0.3) is 0 Å². The van der Waals surface area contributed by atoms with Crippen molar-refractivity contribution in [2.45, 2.75) is 32.9 Å². The molecule has 6 heteroatoms. The molecular formula is C17H23F3N2O. The first-order chi connectivity index (χ1) is 10.9. The number of piperazine rings is 1. The Labute approximate surface area is 135 Å². The lowest BCUT2D eigenvalue weighted by Gasteiger charge is -2.37. The maximum Gasteiger partial charge on any atom is 0.416 e. The molecule has 3 nitrogen and oxygen atoms in total. The maximum atomic E-state index is 12.8. The number of hydrogen-bond donors (Lipinski definition) is 0. The van der Waals surface area contributed by atoms with Crippen LogP contribution < -0.4 is 4.90 Å². The standard InChI is InChI=1S/C17H23F3N2O/c1-3-13(4-2)16(23)22-10-8-21(9-11-22)15-7-5-6-14(12-15)17(18,19)20/h5-7,12-13H,3-4,8-11H2,1-2H3. The summed E-state index contributed by atoms with van der Waals surface area (Å²) in [6.45, 7) is 6.26. The average molecular weight is 328 g/mol. The third-order valence-electron chi connectivity index (χ3n) is 4.46. The lowest BCUT2D eigenvalue weighted by Crippen LogP contribution is -2.50. The first-order valence-corrected chi connectivity index (χ1v) is 8.07. The molecule has 0 aromatic heterocycles. The minimum Gasteiger partial charge on any atom is -0.368 e. The van der Waals surface area contributed by atoms with Crippen molar-refractivity contribution in [1.29, 1.82) is 0 Å². The Balaban J connectivity index is 2.01. The Hall–Kier alpha value is -1.72. The highest BCUT2D eigenvalue weighted by atomic mass is 19.4. The lowest BCUT2D eigenvalue weighted by atomic mass is 10.0. The molecule has 1 amide bonds. The van der Waals surface area contributed by atoms with Crippen LogP contribution in [0.1, 0.15) is 32.3 Å². The number of nitrogens with zero attached hydrogens (tertiary/aromatic N) is 2. The van der Waals surface area contributed by atoms with Gasteiger partial charge >= 0.3 is 6.18 Å². The summed E-state index contributed by atoms with van der Waals surface area (Å²) in [5.41, 5.74) is -0.0695. The Morgan fingerprint density at radius 1 is 1.13 bits per heavy atom. The quantitative estimate of drug-likeness (QED) is 0.839. The fourth-order valence-electron chi connectivity index (χ4n) is 2.96. The predicted octanol–water partition coefficient (Wildman–Crippen LogP) is 3.79. The van der Waals surface area contributed by atoms with Crippen LogP contribution in [0.2, 0.25) is 0 Å². The molecule has 1 saturated heterocycles. The van der Waals surface area contributed by atoms with E-state index in [1.165, 1.54) is 12.1 Å². The first-order valence-electron chi connectivity index (χ1n) is 8.07. The van der Waals surface area contributed by atoms with Gasteiger partial charge in [0.1, 0.15) is 0 Å². The largest absolute Gasteiger partial charge is 0.416 e. The van der Waals surface area contributed by atoms with Crippen molar-refractivity contribution in [3.8, 4) is 0 Å². The number of anilines is 1. The zero-order valence-electron chi connectivity index (χ0n) is 13.6. The monoisotopic (exact) mass is 328 g/mol. The van der Waals surface area contributed by atoms with Gasteiger partial charge in [-0.25, -0.2) is 0 Å². The van der Waals surface area contributed by atoms with Gasteiger partial charge in [-0.2, -0.15) is 13.2 Å². The first kappa shape index (κ1) is 17.6. The van der Waals surface area contributed by atoms with E-state index in [0.29, 0.717) is 31.9 Å². The van der Waals surface area contributed by atoms with Crippen LogP contribution >= 0.6 is 0 Å². The Morgan fingerprint density at radius 3 is 2.26 bits per heavy atom. The van der Waals surface area contributed by atoms with Gasteiger partial charge in [-0.1, -0.05) is 19.9 Å². The van der Waals surface area contributed by atoms with Crippen LogP contribution in [0, 0.1) is 5.92 Å². The molecule has 1 aromatic rings. The number of hydrogen-bond acceptors (Lipinski definition) is 2. The van der Waals surface area contributed by atoms with E-state index in [0.717, 1.165) is 18.9 Å². The van der Waals surface area contributed by atoms with Gasteiger partial charge in [0.2, 0.25) is 5.91 Å². The molecule has 0 unspecified atom stereocenters. The molecule has 0 N–H and O–H groups in total. The summed E-state index contributed by atoms with van der Waals surface area (Å²) >= 11 is 0. The average Bonchev–Trinajstić information content (AvgIpc) is 2.55. The van der Waals surface area contributed by atoms with Crippen molar-refractivity contribution in [3.63, 3.8) is 0 Å². The molecule has 1 aliphatic heterocycles. The van der Waals surface area contributed by atoms with E-state index in [-0.39, 0.29) is 11.8 Å². The van der Waals surface area contributed by atoms with Gasteiger partial charge in [0.15, 0.2) is 0 Å². The number of alkyl halides is 3. The maximum absolute atomic E-state index is 12.8. The molecule has 0 bridgehead atoms. The van der Waals surface area contributed by atoms with Crippen LogP contribution in [0.3, 0.4) is 0 Å². The van der Waals surface area contributed by atoms with Crippen molar-refractivity contribution < 1.29 is 18.0 Å². The third kappa shape index (κ3) is 4.18. The smallest absolute Gasteiger partial charge is 0.368 e. The normalized spacial score (nSPS) is 16.1. The Morgan fingerprint density at radius 2 is 1.74 bits per heavy atom. The van der Waals surface area contributed by atoms with Gasteiger partial charge < -0.3 is 9.80 Å². The molecule has 2 rings (SSSR count). The number of halogens is 3. The molecule has 1 aliphatic rings. The molecular weight excluding hydrogens is 305 g/mol. The second kappa shape index (κ2) is 7.23. The fraction of sp³-hybridized carbons (Fsp3) is 0.588. The molecule has 23 heavy (non-hydrogen) atoms. The fourth-order valence-corrected chi connectivity index (χ4v) is 2.96. The summed E-state index contributed by atoms with van der Waals surface area (Å²) in [5.74, 6) is 0.216. The van der Waals surface area contributed by atoms with E-state index in [4.69, 9.17) is 0 Å². The van der Waals surface area contributed by atoms with E-state index >= 15 is 0 Å². The van der Waals surface area contributed by atoms with Gasteiger partial charge in [-0.3, -0.25) is 4.79 Å². The molecule has 128 valence electrons. The van der Waals surface area contributed by atoms with Crippen molar-refractivity contribution in [2.24, 2.45) is 5.92 Å². The number of rotatable bonds is 4. The zero-order chi connectivity index (χ0) is 17.0. The molecule has 1 fully saturated rings. The predicted molar refractivity (Wildman–Crippen MR) is 84.3 cm³/mol. The van der Waals surface area contributed by atoms with Crippen molar-refractivity contribution in [1.82, 2.24) is 4.90 Å². The number of benzene rings is 1. The molecule has 1 heterocycles. The molecule has 1 aromatic carbocycles. The second-order valence-electron chi connectivity index (χ2n) is 5.87. The van der Waals surface area contributed by atoms with Gasteiger partial charge in [0, 0.05) is 37.8 Å². The van der Waals surface area contributed by atoms with Crippen molar-refractivity contribution in [3.05, 3.63) is 29.8 Å². The minimum atomic E-state index is -4.33. The highest BCUT2D eigenvalue weighted by Gasteiger charge is 2.31. The molecule has 0 radical (unpaired) electrons. The van der Waals surface area contributed by atoms with Gasteiger partial charge in [-0.15, -0.1) is 0 Å². The SMILES string of the molecule is CCC(CC)C(=O)N1CCN(c2cccc(C(F)(F)F)c2)CC1. The highest BCUT2D eigenvalue weighted by molar-refractivity contribution is 5.79. The summed E-state index contributed by atoms with van der Waals surface area (Å²) in [6.07, 6.45) is -2.68. The highest BCUT2D eigenvalue weighted by Crippen LogP contribution is 2.32. The Kier molecular flexibility index (Phi) is 5.55. The molecule has 0 saturated carbocycles. The minimum absolute atomic E-state index is 0.0510. The molecule has 0 aliphatic carbocycles. The summed E-state index contributed by atoms with van der Waals surface area (Å²) in [4.78, 5) is 16.1. The van der Waals surface area contributed by atoms with E-state index in [1.807, 2.05) is 23.6 Å². The van der Waals surface area contributed by atoms with Crippen LogP contribution in [0.5, 0.6) is 0 Å². The lowest BCUT2D eigenvalue weighted by molar-refractivity contribution is -0.137. The van der Waals surface area contributed by atoms with Crippen LogP contribution in [-0.2, 0) is 11.0 Å². The molecule has 0 spiro atoms.